The van der Waals surface area contributed by atoms with Gasteiger partial charge in [-0.2, -0.15) is 0 Å². The molecule has 1 aromatic heterocycles. The first kappa shape index (κ1) is 15.7. The minimum atomic E-state index is -1.05. The highest BCUT2D eigenvalue weighted by Crippen LogP contribution is 2.35. The van der Waals surface area contributed by atoms with Crippen LogP contribution in [0.25, 0.3) is 0 Å². The Balaban J connectivity index is 2.17. The minimum absolute atomic E-state index is 0.0238. The largest absolute Gasteiger partial charge is 0.310 e. The van der Waals surface area contributed by atoms with Crippen LogP contribution in [-0.2, 0) is 4.79 Å². The van der Waals surface area contributed by atoms with E-state index in [-0.39, 0.29) is 23.4 Å². The van der Waals surface area contributed by atoms with Crippen LogP contribution in [0.1, 0.15) is 30.4 Å². The van der Waals surface area contributed by atoms with Gasteiger partial charge in [0.2, 0.25) is 5.91 Å². The lowest BCUT2D eigenvalue weighted by molar-refractivity contribution is -0.116. The molecule has 2 heterocycles. The molecule has 0 radical (unpaired) electrons. The first-order chi connectivity index (χ1) is 11.0. The van der Waals surface area contributed by atoms with Crippen LogP contribution in [0.4, 0.5) is 14.6 Å². The third kappa shape index (κ3) is 2.86. The van der Waals surface area contributed by atoms with E-state index in [1.165, 1.54) is 23.9 Å². The summed E-state index contributed by atoms with van der Waals surface area (Å²) >= 11 is 1.31. The molecule has 2 aromatic rings. The number of nitrogens with one attached hydrogen (secondary N) is 2. The molecule has 0 unspecified atom stereocenters. The van der Waals surface area contributed by atoms with Crippen LogP contribution in [0.15, 0.2) is 28.2 Å². The van der Waals surface area contributed by atoms with E-state index in [1.807, 2.05) is 6.92 Å². The van der Waals surface area contributed by atoms with Crippen molar-refractivity contribution >= 4 is 23.5 Å². The van der Waals surface area contributed by atoms with Gasteiger partial charge in [0.05, 0.1) is 5.56 Å². The molecule has 0 saturated carbocycles. The van der Waals surface area contributed by atoms with Crippen LogP contribution in [0, 0.1) is 11.6 Å². The lowest BCUT2D eigenvalue weighted by Gasteiger charge is -2.24. The normalized spacial score (nSPS) is 16.8. The number of anilines is 1. The first-order valence-electron chi connectivity index (χ1n) is 7.02. The van der Waals surface area contributed by atoms with Crippen molar-refractivity contribution in [3.63, 3.8) is 0 Å². The summed E-state index contributed by atoms with van der Waals surface area (Å²) in [7, 11) is 0. The molecule has 0 fully saturated rings. The maximum atomic E-state index is 14.1. The Bertz CT molecular complexity index is 838. The fourth-order valence-corrected chi connectivity index (χ4v) is 3.21. The second kappa shape index (κ2) is 6.11. The van der Waals surface area contributed by atoms with Crippen molar-refractivity contribution in [2.45, 2.75) is 24.4 Å². The number of thioether (sulfide) groups is 1. The quantitative estimate of drug-likeness (QED) is 0.667. The predicted molar refractivity (Wildman–Crippen MR) is 82.7 cm³/mol. The van der Waals surface area contributed by atoms with Crippen LogP contribution in [0.2, 0.25) is 0 Å². The molecular weight excluding hydrogens is 324 g/mol. The van der Waals surface area contributed by atoms with Gasteiger partial charge in [0.15, 0.2) is 16.8 Å². The van der Waals surface area contributed by atoms with Crippen molar-refractivity contribution in [2.24, 2.45) is 0 Å². The SMILES string of the molecule is CCSc1nc2c(c(=O)[nH]1)[C@@H](c1cccc(F)c1F)CC(=O)N2. The third-order valence-electron chi connectivity index (χ3n) is 3.57. The zero-order valence-corrected chi connectivity index (χ0v) is 13.0. The number of carbonyl (C=O) groups excluding carboxylic acids is 1. The lowest BCUT2D eigenvalue weighted by atomic mass is 9.86. The van der Waals surface area contributed by atoms with E-state index >= 15 is 0 Å². The summed E-state index contributed by atoms with van der Waals surface area (Å²) in [6.45, 7) is 1.90. The number of carbonyl (C=O) groups is 1. The number of hydrogen-bond donors (Lipinski definition) is 2. The van der Waals surface area contributed by atoms with E-state index in [9.17, 15) is 18.4 Å². The van der Waals surface area contributed by atoms with Gasteiger partial charge >= 0.3 is 0 Å². The smallest absolute Gasteiger partial charge is 0.257 e. The molecule has 1 aliphatic rings. The highest BCUT2D eigenvalue weighted by atomic mass is 32.2. The zero-order valence-electron chi connectivity index (χ0n) is 12.2. The Morgan fingerprint density at radius 3 is 2.87 bits per heavy atom. The van der Waals surface area contributed by atoms with Crippen LogP contribution in [-0.4, -0.2) is 21.6 Å². The molecule has 1 atom stereocenters. The number of rotatable bonds is 3. The van der Waals surface area contributed by atoms with Gasteiger partial charge in [-0.15, -0.1) is 0 Å². The van der Waals surface area contributed by atoms with E-state index < -0.39 is 29.0 Å². The number of hydrogen-bond acceptors (Lipinski definition) is 4. The number of nitrogens with zero attached hydrogens (tertiary/aromatic N) is 1. The second-order valence-electron chi connectivity index (χ2n) is 5.01. The Hall–Kier alpha value is -2.22. The highest BCUT2D eigenvalue weighted by Gasteiger charge is 2.33. The molecule has 5 nitrogen and oxygen atoms in total. The van der Waals surface area contributed by atoms with Gasteiger partial charge in [-0.25, -0.2) is 13.8 Å². The van der Waals surface area contributed by atoms with Gasteiger partial charge in [-0.05, 0) is 17.4 Å². The summed E-state index contributed by atoms with van der Waals surface area (Å²) < 4.78 is 27.6. The van der Waals surface area contributed by atoms with E-state index in [0.717, 1.165) is 6.07 Å². The molecule has 0 bridgehead atoms. The Labute approximate surface area is 134 Å². The van der Waals surface area contributed by atoms with Gasteiger partial charge in [-0.1, -0.05) is 30.8 Å². The molecule has 120 valence electrons. The number of amides is 1. The average molecular weight is 337 g/mol. The van der Waals surface area contributed by atoms with Gasteiger partial charge in [0.1, 0.15) is 5.82 Å². The molecule has 2 N–H and O–H groups in total. The molecule has 1 amide bonds. The maximum Gasteiger partial charge on any atom is 0.257 e. The fourth-order valence-electron chi connectivity index (χ4n) is 2.61. The number of aromatic amines is 1. The maximum absolute atomic E-state index is 14.1. The lowest BCUT2D eigenvalue weighted by Crippen LogP contribution is -2.31. The Morgan fingerprint density at radius 2 is 2.13 bits per heavy atom. The standard InChI is InChI=1S/C15H13F2N3O2S/c1-2-23-15-19-13-11(14(22)20-15)8(6-10(21)18-13)7-4-3-5-9(16)12(7)17/h3-5,8H,2,6H2,1H3,(H2,18,19,20,21,22)/t8-/m1/s1. The van der Waals surface area contributed by atoms with Gasteiger partial charge in [0.25, 0.3) is 5.56 Å². The Morgan fingerprint density at radius 1 is 1.35 bits per heavy atom. The summed E-state index contributed by atoms with van der Waals surface area (Å²) in [5, 5.41) is 2.91. The summed E-state index contributed by atoms with van der Waals surface area (Å²) in [6.07, 6.45) is -0.140. The molecule has 0 spiro atoms. The number of aromatic nitrogens is 2. The third-order valence-corrected chi connectivity index (χ3v) is 4.32. The van der Waals surface area contributed by atoms with Crippen molar-refractivity contribution in [1.29, 1.82) is 0 Å². The summed E-state index contributed by atoms with van der Waals surface area (Å²) in [5.41, 5.74) is -0.335. The number of H-pyrrole nitrogens is 1. The van der Waals surface area contributed by atoms with Crippen LogP contribution in [0.3, 0.4) is 0 Å². The molecular formula is C15H13F2N3O2S. The molecule has 8 heteroatoms. The second-order valence-corrected chi connectivity index (χ2v) is 6.27. The van der Waals surface area contributed by atoms with Crippen molar-refractivity contribution in [3.05, 3.63) is 51.3 Å². The van der Waals surface area contributed by atoms with Crippen LogP contribution < -0.4 is 10.9 Å². The average Bonchev–Trinajstić information content (AvgIpc) is 2.49. The van der Waals surface area contributed by atoms with E-state index in [1.54, 1.807) is 0 Å². The van der Waals surface area contributed by atoms with Gasteiger partial charge in [-0.3, -0.25) is 9.59 Å². The van der Waals surface area contributed by atoms with Gasteiger partial charge < -0.3 is 10.3 Å². The first-order valence-corrected chi connectivity index (χ1v) is 8.00. The number of benzene rings is 1. The minimum Gasteiger partial charge on any atom is -0.310 e. The summed E-state index contributed by atoms with van der Waals surface area (Å²) in [4.78, 5) is 31.1. The predicted octanol–water partition coefficient (Wildman–Crippen LogP) is 2.63. The number of fused-ring (bicyclic) bond motifs is 1. The van der Waals surface area contributed by atoms with Crippen LogP contribution in [0.5, 0.6) is 0 Å². The molecule has 0 saturated heterocycles. The van der Waals surface area contributed by atoms with Crippen molar-refractivity contribution in [1.82, 2.24) is 9.97 Å². The monoisotopic (exact) mass is 337 g/mol. The van der Waals surface area contributed by atoms with Crippen molar-refractivity contribution < 1.29 is 13.6 Å². The topological polar surface area (TPSA) is 74.8 Å². The van der Waals surface area contributed by atoms with E-state index in [2.05, 4.69) is 15.3 Å². The molecule has 0 aliphatic carbocycles. The van der Waals surface area contributed by atoms with E-state index in [4.69, 9.17) is 0 Å². The molecule has 1 aliphatic heterocycles. The Kier molecular flexibility index (Phi) is 4.16. The van der Waals surface area contributed by atoms with E-state index in [0.29, 0.717) is 10.9 Å². The fraction of sp³-hybridized carbons (Fsp3) is 0.267. The summed E-state index contributed by atoms with van der Waals surface area (Å²) in [6, 6.07) is 3.72. The highest BCUT2D eigenvalue weighted by molar-refractivity contribution is 7.99. The van der Waals surface area contributed by atoms with Crippen molar-refractivity contribution in [2.75, 3.05) is 11.1 Å². The van der Waals surface area contributed by atoms with Crippen LogP contribution >= 0.6 is 11.8 Å². The molecule has 3 rings (SSSR count). The van der Waals surface area contributed by atoms with Crippen molar-refractivity contribution in [3.8, 4) is 0 Å². The molecule has 23 heavy (non-hydrogen) atoms. The van der Waals surface area contributed by atoms with Gasteiger partial charge in [0, 0.05) is 12.3 Å². The summed E-state index contributed by atoms with van der Waals surface area (Å²) in [5.74, 6) is -2.53. The zero-order chi connectivity index (χ0) is 16.6. The number of halogens is 2. The molecule has 1 aromatic carbocycles.